The topological polar surface area (TPSA) is 81.1 Å². The average molecular weight is 384 g/mol. The van der Waals surface area contributed by atoms with Gasteiger partial charge in [0.25, 0.3) is 5.91 Å². The van der Waals surface area contributed by atoms with Crippen LogP contribution in [0.4, 0.5) is 4.39 Å². The second-order valence-electron chi connectivity index (χ2n) is 6.01. The minimum atomic E-state index is -0.355. The molecule has 0 atom stereocenters. The van der Waals surface area contributed by atoms with Crippen LogP contribution in [0.2, 0.25) is 0 Å². The van der Waals surface area contributed by atoms with Crippen molar-refractivity contribution in [2.45, 2.75) is 25.8 Å². The highest BCUT2D eigenvalue weighted by Crippen LogP contribution is 2.20. The summed E-state index contributed by atoms with van der Waals surface area (Å²) in [6.07, 6.45) is 1.96. The lowest BCUT2D eigenvalue weighted by Crippen LogP contribution is -2.31. The lowest BCUT2D eigenvalue weighted by atomic mass is 10.1. The second kappa shape index (κ2) is 9.49. The van der Waals surface area contributed by atoms with E-state index >= 15 is 0 Å². The van der Waals surface area contributed by atoms with Crippen molar-refractivity contribution in [2.24, 2.45) is 0 Å². The molecule has 3 rings (SSSR count). The normalized spacial score (nSPS) is 14.5. The van der Waals surface area contributed by atoms with Gasteiger partial charge in [-0.05, 0) is 45.0 Å². The summed E-state index contributed by atoms with van der Waals surface area (Å²) >= 11 is 0. The Labute approximate surface area is 157 Å². The molecular formula is C17H23ClFN5O2. The van der Waals surface area contributed by atoms with Crippen molar-refractivity contribution < 1.29 is 13.9 Å². The number of nitrogens with one attached hydrogen (secondary N) is 2. The zero-order chi connectivity index (χ0) is 17.6. The summed E-state index contributed by atoms with van der Waals surface area (Å²) in [5, 5.41) is 14.2. The van der Waals surface area contributed by atoms with Gasteiger partial charge >= 0.3 is 0 Å². The summed E-state index contributed by atoms with van der Waals surface area (Å²) in [6, 6.07) is 6.18. The van der Waals surface area contributed by atoms with Crippen LogP contribution in [-0.2, 0) is 0 Å². The van der Waals surface area contributed by atoms with E-state index in [1.54, 1.807) is 12.1 Å². The average Bonchev–Trinajstić information content (AvgIpc) is 3.01. The molecule has 26 heavy (non-hydrogen) atoms. The molecule has 1 amide bonds. The van der Waals surface area contributed by atoms with E-state index in [0.29, 0.717) is 18.0 Å². The molecule has 1 saturated heterocycles. The molecule has 0 radical (unpaired) electrons. The van der Waals surface area contributed by atoms with Crippen LogP contribution >= 0.6 is 12.4 Å². The Bertz CT molecular complexity index is 734. The fraction of sp³-hybridized carbons (Fsp3) is 0.471. The second-order valence-corrected chi connectivity index (χ2v) is 6.01. The van der Waals surface area contributed by atoms with Crippen LogP contribution < -0.4 is 15.4 Å². The molecule has 0 unspecified atom stereocenters. The number of carbonyl (C=O) groups is 1. The third kappa shape index (κ3) is 4.92. The van der Waals surface area contributed by atoms with E-state index in [0.717, 1.165) is 31.6 Å². The lowest BCUT2D eigenvalue weighted by Gasteiger charge is -2.23. The number of carbonyl (C=O) groups excluding carboxylic acids is 1. The first kappa shape index (κ1) is 20.1. The van der Waals surface area contributed by atoms with E-state index in [1.165, 1.54) is 12.1 Å². The van der Waals surface area contributed by atoms with Crippen molar-refractivity contribution in [3.63, 3.8) is 0 Å². The number of hydrogen-bond acceptors (Lipinski definition) is 5. The van der Waals surface area contributed by atoms with Crippen LogP contribution in [0.5, 0.6) is 5.75 Å². The maximum Gasteiger partial charge on any atom is 0.273 e. The molecule has 142 valence electrons. The van der Waals surface area contributed by atoms with E-state index in [4.69, 9.17) is 4.74 Å². The molecular weight excluding hydrogens is 361 g/mol. The highest BCUT2D eigenvalue weighted by Gasteiger charge is 2.22. The smallest absolute Gasteiger partial charge is 0.273 e. The molecule has 0 spiro atoms. The maximum absolute atomic E-state index is 13.1. The highest BCUT2D eigenvalue weighted by molar-refractivity contribution is 5.93. The molecule has 2 N–H and O–H groups in total. The number of benzene rings is 1. The molecule has 9 heteroatoms. The molecule has 0 bridgehead atoms. The van der Waals surface area contributed by atoms with Crippen LogP contribution in [-0.4, -0.2) is 47.1 Å². The van der Waals surface area contributed by atoms with Crippen molar-refractivity contribution in [1.82, 2.24) is 25.6 Å². The first-order chi connectivity index (χ1) is 12.1. The van der Waals surface area contributed by atoms with Gasteiger partial charge in [-0.3, -0.25) is 4.79 Å². The van der Waals surface area contributed by atoms with E-state index in [9.17, 15) is 9.18 Å². The molecule has 0 saturated carbocycles. The number of hydrogen-bond donors (Lipinski definition) is 2. The van der Waals surface area contributed by atoms with Gasteiger partial charge in [-0.1, -0.05) is 11.3 Å². The summed E-state index contributed by atoms with van der Waals surface area (Å²) in [5.74, 6) is -0.200. The van der Waals surface area contributed by atoms with Crippen molar-refractivity contribution in [2.75, 3.05) is 26.2 Å². The number of nitrogens with zero attached hydrogens (tertiary/aromatic N) is 3. The first-order valence-electron chi connectivity index (χ1n) is 8.44. The predicted octanol–water partition coefficient (Wildman–Crippen LogP) is 1.88. The highest BCUT2D eigenvalue weighted by atomic mass is 35.5. The van der Waals surface area contributed by atoms with Crippen molar-refractivity contribution >= 4 is 18.3 Å². The van der Waals surface area contributed by atoms with Gasteiger partial charge in [0.2, 0.25) is 0 Å². The molecule has 1 fully saturated rings. The number of amides is 1. The molecule has 2 heterocycles. The Balaban J connectivity index is 0.00000243. The zero-order valence-electron chi connectivity index (χ0n) is 14.6. The molecule has 1 aromatic heterocycles. The summed E-state index contributed by atoms with van der Waals surface area (Å²) < 4.78 is 20.3. The van der Waals surface area contributed by atoms with Gasteiger partial charge in [0.1, 0.15) is 18.2 Å². The predicted molar refractivity (Wildman–Crippen MR) is 97.4 cm³/mol. The molecule has 1 aromatic carbocycles. The Morgan fingerprint density at radius 2 is 2.19 bits per heavy atom. The van der Waals surface area contributed by atoms with E-state index in [-0.39, 0.29) is 36.8 Å². The Hall–Kier alpha value is -2.19. The first-order valence-corrected chi connectivity index (χ1v) is 8.44. The van der Waals surface area contributed by atoms with Crippen LogP contribution in [0.3, 0.4) is 0 Å². The largest absolute Gasteiger partial charge is 0.492 e. The summed E-state index contributed by atoms with van der Waals surface area (Å²) in [6.45, 7) is 4.30. The Kier molecular flexibility index (Phi) is 7.35. The Morgan fingerprint density at radius 3 is 2.92 bits per heavy atom. The molecule has 1 aliphatic rings. The number of aromatic nitrogens is 3. The maximum atomic E-state index is 13.1. The number of piperidine rings is 1. The SMILES string of the molecule is Cc1c(C(=O)NCCOc2cccc(F)c2)nnn1C1CCNCC1.Cl. The molecule has 0 aliphatic carbocycles. The Morgan fingerprint density at radius 1 is 1.42 bits per heavy atom. The quantitative estimate of drug-likeness (QED) is 0.744. The standard InChI is InChI=1S/C17H22FN5O2.ClH/c1-12-16(21-22-23(12)14-5-7-19-8-6-14)17(24)20-9-10-25-15-4-2-3-13(18)11-15;/h2-4,11,14,19H,5-10H2,1H3,(H,20,24);1H. The number of ether oxygens (including phenoxy) is 1. The lowest BCUT2D eigenvalue weighted by molar-refractivity contribution is 0.0941. The molecule has 2 aromatic rings. The third-order valence-corrected chi connectivity index (χ3v) is 4.25. The van der Waals surface area contributed by atoms with Gasteiger partial charge in [-0.15, -0.1) is 17.5 Å². The van der Waals surface area contributed by atoms with Crippen molar-refractivity contribution in [3.05, 3.63) is 41.5 Å². The monoisotopic (exact) mass is 383 g/mol. The molecule has 7 nitrogen and oxygen atoms in total. The van der Waals surface area contributed by atoms with Gasteiger partial charge in [-0.2, -0.15) is 0 Å². The fourth-order valence-corrected chi connectivity index (χ4v) is 2.92. The minimum Gasteiger partial charge on any atom is -0.492 e. The van der Waals surface area contributed by atoms with E-state index < -0.39 is 0 Å². The van der Waals surface area contributed by atoms with Crippen LogP contribution in [0.1, 0.15) is 35.1 Å². The summed E-state index contributed by atoms with van der Waals surface area (Å²) in [7, 11) is 0. The van der Waals surface area contributed by atoms with Gasteiger partial charge < -0.3 is 15.4 Å². The van der Waals surface area contributed by atoms with Crippen LogP contribution in [0.25, 0.3) is 0 Å². The zero-order valence-corrected chi connectivity index (χ0v) is 15.4. The summed E-state index contributed by atoms with van der Waals surface area (Å²) in [4.78, 5) is 12.3. The third-order valence-electron chi connectivity index (χ3n) is 4.25. The number of rotatable bonds is 6. The minimum absolute atomic E-state index is 0. The van der Waals surface area contributed by atoms with E-state index in [2.05, 4.69) is 20.9 Å². The van der Waals surface area contributed by atoms with Gasteiger partial charge in [0.05, 0.1) is 18.3 Å². The van der Waals surface area contributed by atoms with Gasteiger partial charge in [-0.25, -0.2) is 9.07 Å². The van der Waals surface area contributed by atoms with Crippen LogP contribution in [0.15, 0.2) is 24.3 Å². The van der Waals surface area contributed by atoms with Crippen LogP contribution in [0, 0.1) is 12.7 Å². The van der Waals surface area contributed by atoms with Crippen molar-refractivity contribution in [1.29, 1.82) is 0 Å². The molecule has 1 aliphatic heterocycles. The van der Waals surface area contributed by atoms with Gasteiger partial charge in [0, 0.05) is 6.07 Å². The van der Waals surface area contributed by atoms with Crippen molar-refractivity contribution in [3.8, 4) is 5.75 Å². The fourth-order valence-electron chi connectivity index (χ4n) is 2.92. The van der Waals surface area contributed by atoms with Gasteiger partial charge in [0.15, 0.2) is 5.69 Å². The number of halogens is 2. The van der Waals surface area contributed by atoms with E-state index in [1.807, 2.05) is 11.6 Å². The summed E-state index contributed by atoms with van der Waals surface area (Å²) in [5.41, 5.74) is 1.11.